The molecule has 1 aromatic heterocycles. The first kappa shape index (κ1) is 20.1. The van der Waals surface area contributed by atoms with E-state index in [1.807, 2.05) is 66.7 Å². The summed E-state index contributed by atoms with van der Waals surface area (Å²) in [4.78, 5) is 2.93. The van der Waals surface area contributed by atoms with Gasteiger partial charge in [-0.25, -0.2) is 0 Å². The maximum absolute atomic E-state index is 8.87. The molecule has 148 valence electrons. The molecule has 0 saturated heterocycles. The van der Waals surface area contributed by atoms with E-state index in [2.05, 4.69) is 36.6 Å². The monoisotopic (exact) mass is 478 g/mol. The number of nitrogens with zero attached hydrogens (tertiary/aromatic N) is 4. The number of rotatable bonds is 5. The van der Waals surface area contributed by atoms with E-state index < -0.39 is 0 Å². The van der Waals surface area contributed by atoms with E-state index in [0.717, 1.165) is 32.3 Å². The van der Waals surface area contributed by atoms with Crippen LogP contribution < -0.4 is 4.74 Å². The van der Waals surface area contributed by atoms with Gasteiger partial charge in [0.1, 0.15) is 5.75 Å². The highest BCUT2D eigenvalue weighted by Gasteiger charge is 2.12. The molecule has 0 fully saturated rings. The molecule has 7 heteroatoms. The zero-order valence-electron chi connectivity index (χ0n) is 16.0. The second-order valence-corrected chi connectivity index (χ2v) is 7.83. The highest BCUT2D eigenvalue weighted by molar-refractivity contribution is 9.10. The van der Waals surface area contributed by atoms with Crippen LogP contribution in [0.25, 0.3) is 39.2 Å². The van der Waals surface area contributed by atoms with Crippen LogP contribution in [-0.2, 0) is 0 Å². The molecule has 0 aliphatic carbocycles. The molecular formula is C23H16BrClN4O. The minimum absolute atomic E-state index is 0.551. The molecule has 4 aromatic rings. The van der Waals surface area contributed by atoms with Crippen LogP contribution >= 0.6 is 27.5 Å². The van der Waals surface area contributed by atoms with Crippen LogP contribution in [0.3, 0.4) is 0 Å². The van der Waals surface area contributed by atoms with Crippen molar-refractivity contribution in [2.45, 2.75) is 0 Å². The minimum atomic E-state index is 0.551. The second-order valence-electron chi connectivity index (χ2n) is 6.51. The number of aromatic nitrogens is 1. The molecule has 0 aliphatic heterocycles. The van der Waals surface area contributed by atoms with Gasteiger partial charge in [-0.15, -0.1) is 0 Å². The first-order valence-corrected chi connectivity index (χ1v) is 10.2. The van der Waals surface area contributed by atoms with E-state index in [9.17, 15) is 0 Å². The molecule has 5 nitrogen and oxygen atoms in total. The highest BCUT2D eigenvalue weighted by atomic mass is 79.9. The Balaban J connectivity index is 1.91. The van der Waals surface area contributed by atoms with Gasteiger partial charge < -0.3 is 9.30 Å². The fourth-order valence-corrected chi connectivity index (χ4v) is 3.94. The number of benzene rings is 3. The standard InChI is InChI=1S/C23H16BrClN4O/c1-30-23-14-22-16(12-20(23)25)11-19(29(22)18-5-3-2-4-6-18)10-8-15-7-9-17(24)13-21(15)27-28-26/h2-14H,1H3/b10-8+. The van der Waals surface area contributed by atoms with Gasteiger partial charge in [-0.3, -0.25) is 0 Å². The van der Waals surface area contributed by atoms with Crippen molar-refractivity contribution in [3.05, 3.63) is 97.9 Å². The number of hydrogen-bond donors (Lipinski definition) is 0. The van der Waals surface area contributed by atoms with Gasteiger partial charge in [0.2, 0.25) is 0 Å². The Morgan fingerprint density at radius 1 is 1.07 bits per heavy atom. The predicted molar refractivity (Wildman–Crippen MR) is 127 cm³/mol. The largest absolute Gasteiger partial charge is 0.495 e. The fourth-order valence-electron chi connectivity index (χ4n) is 3.34. The summed E-state index contributed by atoms with van der Waals surface area (Å²) in [7, 11) is 1.61. The molecule has 0 N–H and O–H groups in total. The summed E-state index contributed by atoms with van der Waals surface area (Å²) in [6.45, 7) is 0. The fraction of sp³-hybridized carbons (Fsp3) is 0.0435. The average molecular weight is 480 g/mol. The maximum atomic E-state index is 8.87. The van der Waals surface area contributed by atoms with Crippen molar-refractivity contribution >= 4 is 56.3 Å². The van der Waals surface area contributed by atoms with Crippen molar-refractivity contribution in [3.63, 3.8) is 0 Å². The van der Waals surface area contributed by atoms with Crippen LogP contribution in [0.2, 0.25) is 5.02 Å². The third kappa shape index (κ3) is 3.94. The lowest BCUT2D eigenvalue weighted by Gasteiger charge is -2.10. The van der Waals surface area contributed by atoms with Crippen molar-refractivity contribution in [2.75, 3.05) is 7.11 Å². The third-order valence-electron chi connectivity index (χ3n) is 4.70. The summed E-state index contributed by atoms with van der Waals surface area (Å²) < 4.78 is 8.41. The number of ether oxygens (including phenoxy) is 1. The molecule has 0 atom stereocenters. The molecule has 0 unspecified atom stereocenters. The highest BCUT2D eigenvalue weighted by Crippen LogP contribution is 2.34. The Morgan fingerprint density at radius 2 is 1.87 bits per heavy atom. The maximum Gasteiger partial charge on any atom is 0.139 e. The van der Waals surface area contributed by atoms with Gasteiger partial charge in [0.25, 0.3) is 0 Å². The molecular weight excluding hydrogens is 464 g/mol. The smallest absolute Gasteiger partial charge is 0.139 e. The average Bonchev–Trinajstić information content (AvgIpc) is 3.10. The quantitative estimate of drug-likeness (QED) is 0.162. The minimum Gasteiger partial charge on any atom is -0.495 e. The van der Waals surface area contributed by atoms with Gasteiger partial charge in [-0.1, -0.05) is 63.0 Å². The first-order chi connectivity index (χ1) is 14.6. The summed E-state index contributed by atoms with van der Waals surface area (Å²) in [6.07, 6.45) is 3.93. The molecule has 3 aromatic carbocycles. The van der Waals surface area contributed by atoms with Gasteiger partial charge in [-0.2, -0.15) is 0 Å². The van der Waals surface area contributed by atoms with E-state index in [1.54, 1.807) is 13.2 Å². The van der Waals surface area contributed by atoms with Crippen molar-refractivity contribution in [2.24, 2.45) is 5.11 Å². The number of halogens is 2. The molecule has 0 amide bonds. The van der Waals surface area contributed by atoms with Crippen molar-refractivity contribution < 1.29 is 4.74 Å². The van der Waals surface area contributed by atoms with Gasteiger partial charge >= 0.3 is 0 Å². The van der Waals surface area contributed by atoms with Crippen LogP contribution in [0.15, 0.2) is 76.3 Å². The summed E-state index contributed by atoms with van der Waals surface area (Å²) in [5.41, 5.74) is 13.2. The van der Waals surface area contributed by atoms with Crippen LogP contribution in [0, 0.1) is 0 Å². The SMILES string of the molecule is COc1cc2c(cc1Cl)cc(/C=C/c1ccc(Br)cc1N=[N+]=[N-])n2-c1ccccc1. The van der Waals surface area contributed by atoms with Gasteiger partial charge in [0, 0.05) is 37.9 Å². The molecule has 0 radical (unpaired) electrons. The lowest BCUT2D eigenvalue weighted by molar-refractivity contribution is 0.415. The summed E-state index contributed by atoms with van der Waals surface area (Å²) in [5.74, 6) is 0.619. The first-order valence-electron chi connectivity index (χ1n) is 9.08. The van der Waals surface area contributed by atoms with E-state index >= 15 is 0 Å². The zero-order valence-corrected chi connectivity index (χ0v) is 18.3. The number of hydrogen-bond acceptors (Lipinski definition) is 2. The number of para-hydroxylation sites is 1. The normalized spacial score (nSPS) is 11.0. The van der Waals surface area contributed by atoms with E-state index in [0.29, 0.717) is 16.5 Å². The summed E-state index contributed by atoms with van der Waals surface area (Å²) in [5, 5.41) is 5.35. The number of azide groups is 1. The Hall–Kier alpha value is -3.18. The summed E-state index contributed by atoms with van der Waals surface area (Å²) in [6, 6.07) is 21.6. The summed E-state index contributed by atoms with van der Waals surface area (Å²) >= 11 is 9.76. The van der Waals surface area contributed by atoms with Crippen molar-refractivity contribution in [3.8, 4) is 11.4 Å². The Labute approximate surface area is 186 Å². The molecule has 0 bridgehead atoms. The molecule has 30 heavy (non-hydrogen) atoms. The lowest BCUT2D eigenvalue weighted by atomic mass is 10.1. The van der Waals surface area contributed by atoms with E-state index in [4.69, 9.17) is 21.9 Å². The van der Waals surface area contributed by atoms with E-state index in [-0.39, 0.29) is 0 Å². The van der Waals surface area contributed by atoms with Gasteiger partial charge in [-0.05, 0) is 53.6 Å². The third-order valence-corrected chi connectivity index (χ3v) is 5.49. The zero-order chi connectivity index (χ0) is 21.1. The molecule has 1 heterocycles. The molecule has 4 rings (SSSR count). The predicted octanol–water partition coefficient (Wildman–Crippen LogP) is 8.17. The Morgan fingerprint density at radius 3 is 2.60 bits per heavy atom. The molecule has 0 saturated carbocycles. The Kier molecular flexibility index (Phi) is 5.81. The van der Waals surface area contributed by atoms with Gasteiger partial charge in [0.05, 0.1) is 17.6 Å². The van der Waals surface area contributed by atoms with Crippen LogP contribution in [0.4, 0.5) is 5.69 Å². The molecule has 0 spiro atoms. The van der Waals surface area contributed by atoms with Crippen LogP contribution in [0.5, 0.6) is 5.75 Å². The van der Waals surface area contributed by atoms with Crippen molar-refractivity contribution in [1.29, 1.82) is 0 Å². The lowest BCUT2D eigenvalue weighted by Crippen LogP contribution is -1.96. The topological polar surface area (TPSA) is 62.9 Å². The van der Waals surface area contributed by atoms with E-state index in [1.165, 1.54) is 0 Å². The number of methoxy groups -OCH3 is 1. The Bertz CT molecular complexity index is 1310. The van der Waals surface area contributed by atoms with Crippen LogP contribution in [-0.4, -0.2) is 11.7 Å². The van der Waals surface area contributed by atoms with Crippen molar-refractivity contribution in [1.82, 2.24) is 4.57 Å². The van der Waals surface area contributed by atoms with Gasteiger partial charge in [0.15, 0.2) is 0 Å². The van der Waals surface area contributed by atoms with Crippen LogP contribution in [0.1, 0.15) is 11.3 Å². The number of fused-ring (bicyclic) bond motifs is 1. The molecule has 0 aliphatic rings. The second kappa shape index (κ2) is 8.67.